The summed E-state index contributed by atoms with van der Waals surface area (Å²) < 4.78 is 88.2. The molecule has 0 radical (unpaired) electrons. The van der Waals surface area contributed by atoms with Crippen LogP contribution >= 0.6 is 0 Å². The van der Waals surface area contributed by atoms with Crippen LogP contribution in [0.1, 0.15) is 21.6 Å². The van der Waals surface area contributed by atoms with Gasteiger partial charge in [0.2, 0.25) is 9.84 Å². The normalized spacial score (nSPS) is 12.2. The number of aryl methyl sites for hydroxylation is 1. The van der Waals surface area contributed by atoms with E-state index in [1.165, 1.54) is 18.2 Å². The number of sulfone groups is 1. The summed E-state index contributed by atoms with van der Waals surface area (Å²) in [5.41, 5.74) is -0.489. The molecule has 1 N–H and O–H groups in total. The molecule has 0 atom stereocenters. The molecule has 0 unspecified atom stereocenters. The Labute approximate surface area is 173 Å². The van der Waals surface area contributed by atoms with Gasteiger partial charge in [-0.1, -0.05) is 6.07 Å². The number of carbonyl (C=O) groups is 1. The molecule has 31 heavy (non-hydrogen) atoms. The van der Waals surface area contributed by atoms with Crippen molar-refractivity contribution < 1.29 is 35.2 Å². The van der Waals surface area contributed by atoms with Gasteiger partial charge >= 0.3 is 11.9 Å². The lowest BCUT2D eigenvalue weighted by atomic mass is 10.2. The van der Waals surface area contributed by atoms with E-state index in [0.29, 0.717) is 5.69 Å². The Morgan fingerprint density at radius 2 is 1.71 bits per heavy atom. The van der Waals surface area contributed by atoms with Crippen molar-refractivity contribution in [1.82, 2.24) is 9.78 Å². The van der Waals surface area contributed by atoms with Gasteiger partial charge in [0.15, 0.2) is 0 Å². The molecule has 0 saturated carbocycles. The second-order valence-electron chi connectivity index (χ2n) is 6.42. The Morgan fingerprint density at radius 1 is 1.06 bits per heavy atom. The molecule has 2 aromatic carbocycles. The average Bonchev–Trinajstić information content (AvgIpc) is 3.07. The van der Waals surface area contributed by atoms with Gasteiger partial charge in [-0.05, 0) is 49.4 Å². The summed E-state index contributed by atoms with van der Waals surface area (Å²) in [7, 11) is -4.80. The van der Waals surface area contributed by atoms with E-state index in [1.807, 2.05) is 0 Å². The Kier molecular flexibility index (Phi) is 5.85. The minimum atomic E-state index is -4.80. The molecule has 3 rings (SSSR count). The van der Waals surface area contributed by atoms with Crippen LogP contribution in [0.5, 0.6) is 0 Å². The van der Waals surface area contributed by atoms with Crippen LogP contribution < -0.4 is 5.32 Å². The zero-order chi connectivity index (χ0) is 23.0. The van der Waals surface area contributed by atoms with Crippen LogP contribution in [0, 0.1) is 6.92 Å². The third-order valence-corrected chi connectivity index (χ3v) is 5.57. The quantitative estimate of drug-likeness (QED) is 0.572. The zero-order valence-corrected chi connectivity index (χ0v) is 16.5. The first kappa shape index (κ1) is 22.4. The third-order valence-electron chi connectivity index (χ3n) is 4.17. The first-order valence-electron chi connectivity index (χ1n) is 8.57. The van der Waals surface area contributed by atoms with Gasteiger partial charge in [-0.15, -0.1) is 0 Å². The standard InChI is InChI=1S/C19H14F5N3O3S/c1-11-9-16(27(26-11)14-4-2-3-13(10-14)19(22,23)24)25-17(28)12-5-7-15(8-6-12)31(29,30)18(20)21/h2-10,18H,1H3,(H,25,28). The van der Waals surface area contributed by atoms with Crippen molar-refractivity contribution in [3.63, 3.8) is 0 Å². The topological polar surface area (TPSA) is 81.1 Å². The summed E-state index contributed by atoms with van der Waals surface area (Å²) in [4.78, 5) is 11.8. The van der Waals surface area contributed by atoms with E-state index in [0.717, 1.165) is 41.1 Å². The largest absolute Gasteiger partial charge is 0.416 e. The van der Waals surface area contributed by atoms with Gasteiger partial charge in [0.05, 0.1) is 21.8 Å². The lowest BCUT2D eigenvalue weighted by Gasteiger charge is -2.12. The van der Waals surface area contributed by atoms with E-state index in [-0.39, 0.29) is 17.1 Å². The summed E-state index contributed by atoms with van der Waals surface area (Å²) in [6.45, 7) is 1.57. The van der Waals surface area contributed by atoms with Gasteiger partial charge in [0, 0.05) is 11.6 Å². The van der Waals surface area contributed by atoms with Crippen LogP contribution in [0.2, 0.25) is 0 Å². The van der Waals surface area contributed by atoms with Gasteiger partial charge < -0.3 is 5.32 Å². The predicted molar refractivity (Wildman–Crippen MR) is 101 cm³/mol. The Hall–Kier alpha value is -3.28. The van der Waals surface area contributed by atoms with Crippen molar-refractivity contribution in [3.05, 3.63) is 71.4 Å². The maximum atomic E-state index is 13.0. The molecule has 0 fully saturated rings. The lowest BCUT2D eigenvalue weighted by Crippen LogP contribution is -2.16. The van der Waals surface area contributed by atoms with Crippen molar-refractivity contribution in [2.24, 2.45) is 0 Å². The van der Waals surface area contributed by atoms with Gasteiger partial charge in [0.25, 0.3) is 5.91 Å². The predicted octanol–water partition coefficient (Wildman–Crippen LogP) is 4.45. The van der Waals surface area contributed by atoms with Crippen molar-refractivity contribution in [3.8, 4) is 5.69 Å². The zero-order valence-electron chi connectivity index (χ0n) is 15.7. The number of hydrogen-bond donors (Lipinski definition) is 1. The number of rotatable bonds is 5. The summed E-state index contributed by atoms with van der Waals surface area (Å²) in [5.74, 6) is -4.28. The fourth-order valence-corrected chi connectivity index (χ4v) is 3.41. The molecule has 1 heterocycles. The fraction of sp³-hybridized carbons (Fsp3) is 0.158. The van der Waals surface area contributed by atoms with Gasteiger partial charge in [0.1, 0.15) is 5.82 Å². The van der Waals surface area contributed by atoms with Gasteiger partial charge in [-0.3, -0.25) is 4.79 Å². The minimum absolute atomic E-state index is 0.0524. The molecule has 3 aromatic rings. The van der Waals surface area contributed by atoms with Crippen LogP contribution in [-0.2, 0) is 16.0 Å². The molecular weight excluding hydrogens is 445 g/mol. The Morgan fingerprint density at radius 3 is 2.29 bits per heavy atom. The molecule has 12 heteroatoms. The third kappa shape index (κ3) is 4.74. The number of aromatic nitrogens is 2. The first-order chi connectivity index (χ1) is 14.4. The van der Waals surface area contributed by atoms with E-state index in [4.69, 9.17) is 0 Å². The van der Waals surface area contributed by atoms with Crippen LogP contribution in [0.15, 0.2) is 59.5 Å². The van der Waals surface area contributed by atoms with Crippen LogP contribution in [0.25, 0.3) is 5.69 Å². The molecule has 0 aliphatic heterocycles. The highest BCUT2D eigenvalue weighted by atomic mass is 32.2. The molecule has 0 saturated heterocycles. The van der Waals surface area contributed by atoms with Crippen LogP contribution in [-0.4, -0.2) is 29.9 Å². The molecule has 0 aliphatic rings. The summed E-state index contributed by atoms with van der Waals surface area (Å²) in [5, 5.41) is 6.56. The highest BCUT2D eigenvalue weighted by Gasteiger charge is 2.31. The number of amides is 1. The second kappa shape index (κ2) is 8.10. The second-order valence-corrected chi connectivity index (χ2v) is 8.33. The smallest absolute Gasteiger partial charge is 0.306 e. The molecule has 0 bridgehead atoms. The average molecular weight is 459 g/mol. The van der Waals surface area contributed by atoms with Crippen LogP contribution in [0.3, 0.4) is 0 Å². The monoisotopic (exact) mass is 459 g/mol. The van der Waals surface area contributed by atoms with E-state index in [2.05, 4.69) is 10.4 Å². The molecular formula is C19H14F5N3O3S. The maximum Gasteiger partial charge on any atom is 0.416 e. The number of hydrogen-bond acceptors (Lipinski definition) is 4. The number of halogens is 5. The van der Waals surface area contributed by atoms with Crippen molar-refractivity contribution in [2.45, 2.75) is 23.8 Å². The van der Waals surface area contributed by atoms with E-state index in [1.54, 1.807) is 6.92 Å². The highest BCUT2D eigenvalue weighted by molar-refractivity contribution is 7.91. The van der Waals surface area contributed by atoms with Gasteiger partial charge in [-0.25, -0.2) is 13.1 Å². The minimum Gasteiger partial charge on any atom is -0.306 e. The number of alkyl halides is 5. The molecule has 1 aromatic heterocycles. The molecule has 1 amide bonds. The SMILES string of the molecule is Cc1cc(NC(=O)c2ccc(S(=O)(=O)C(F)F)cc2)n(-c2cccc(C(F)(F)F)c2)n1. The number of anilines is 1. The lowest BCUT2D eigenvalue weighted by molar-refractivity contribution is -0.137. The van der Waals surface area contributed by atoms with Gasteiger partial charge in [-0.2, -0.15) is 27.1 Å². The highest BCUT2D eigenvalue weighted by Crippen LogP contribution is 2.31. The number of benzene rings is 2. The molecule has 164 valence electrons. The van der Waals surface area contributed by atoms with Crippen molar-refractivity contribution >= 4 is 21.6 Å². The van der Waals surface area contributed by atoms with Crippen molar-refractivity contribution in [1.29, 1.82) is 0 Å². The summed E-state index contributed by atoms with van der Waals surface area (Å²) in [6.07, 6.45) is -4.57. The number of carbonyl (C=O) groups excluding carboxylic acids is 1. The Bertz CT molecular complexity index is 1220. The number of nitrogens with one attached hydrogen (secondary N) is 1. The summed E-state index contributed by atoms with van der Waals surface area (Å²) in [6, 6.07) is 9.58. The molecule has 6 nitrogen and oxygen atoms in total. The first-order valence-corrected chi connectivity index (χ1v) is 10.1. The molecule has 0 spiro atoms. The van der Waals surface area contributed by atoms with E-state index in [9.17, 15) is 35.2 Å². The maximum absolute atomic E-state index is 13.0. The van der Waals surface area contributed by atoms with E-state index >= 15 is 0 Å². The van der Waals surface area contributed by atoms with E-state index < -0.39 is 38.1 Å². The van der Waals surface area contributed by atoms with Crippen LogP contribution in [0.4, 0.5) is 27.8 Å². The van der Waals surface area contributed by atoms with Crippen molar-refractivity contribution in [2.75, 3.05) is 5.32 Å². The fourth-order valence-electron chi connectivity index (χ4n) is 2.69. The Balaban J connectivity index is 1.89. The molecule has 0 aliphatic carbocycles. The summed E-state index contributed by atoms with van der Waals surface area (Å²) >= 11 is 0. The number of nitrogens with zero attached hydrogens (tertiary/aromatic N) is 2.